The molecule has 1 spiro atoms. The number of hydrogen-bond donors (Lipinski definition) is 3. The van der Waals surface area contributed by atoms with Crippen LogP contribution in [0.1, 0.15) is 25.7 Å². The summed E-state index contributed by atoms with van der Waals surface area (Å²) in [6, 6.07) is -0.436. The highest BCUT2D eigenvalue weighted by Crippen LogP contribution is 2.34. The Balaban J connectivity index is 1.44. The van der Waals surface area contributed by atoms with Gasteiger partial charge in [0.05, 0.1) is 0 Å². The van der Waals surface area contributed by atoms with Crippen molar-refractivity contribution in [1.29, 1.82) is 0 Å². The Kier molecular flexibility index (Phi) is 4.82. The zero-order chi connectivity index (χ0) is 16.3. The molecule has 4 amide bonds. The lowest BCUT2D eigenvalue weighted by molar-refractivity contribution is -0.134. The van der Waals surface area contributed by atoms with E-state index in [0.29, 0.717) is 19.4 Å². The number of carbonyl (C=O) groups is 3. The van der Waals surface area contributed by atoms with Crippen LogP contribution in [0.15, 0.2) is 0 Å². The minimum atomic E-state index is -0.738. The first-order chi connectivity index (χ1) is 11.1. The first-order valence-corrected chi connectivity index (χ1v) is 8.45. The average molecular weight is 323 g/mol. The van der Waals surface area contributed by atoms with Gasteiger partial charge in [0.15, 0.2) is 0 Å². The van der Waals surface area contributed by atoms with Crippen molar-refractivity contribution in [3.05, 3.63) is 0 Å². The SMILES string of the molecule is O=C(CN1C(=O)NC2(CCCC2)C1=O)NCCN1CCNCC1. The summed E-state index contributed by atoms with van der Waals surface area (Å²) in [5.74, 6) is -0.518. The van der Waals surface area contributed by atoms with Crippen LogP contribution in [0.4, 0.5) is 4.79 Å². The van der Waals surface area contributed by atoms with Crippen LogP contribution in [0, 0.1) is 0 Å². The third-order valence-electron chi connectivity index (χ3n) is 4.96. The second-order valence-corrected chi connectivity index (χ2v) is 6.55. The van der Waals surface area contributed by atoms with Gasteiger partial charge < -0.3 is 16.0 Å². The second-order valence-electron chi connectivity index (χ2n) is 6.55. The normalized spacial score (nSPS) is 24.3. The van der Waals surface area contributed by atoms with Crippen molar-refractivity contribution in [1.82, 2.24) is 25.8 Å². The third kappa shape index (κ3) is 3.48. The molecule has 0 atom stereocenters. The maximum atomic E-state index is 12.4. The Morgan fingerprint density at radius 3 is 2.57 bits per heavy atom. The number of amides is 4. The van der Waals surface area contributed by atoms with Gasteiger partial charge in [0, 0.05) is 39.3 Å². The van der Waals surface area contributed by atoms with Gasteiger partial charge in [-0.05, 0) is 12.8 Å². The highest BCUT2D eigenvalue weighted by atomic mass is 16.2. The van der Waals surface area contributed by atoms with E-state index in [2.05, 4.69) is 20.9 Å². The molecule has 3 rings (SSSR count). The van der Waals surface area contributed by atoms with Crippen LogP contribution in [0.25, 0.3) is 0 Å². The summed E-state index contributed by atoms with van der Waals surface area (Å²) in [6.07, 6.45) is 3.24. The van der Waals surface area contributed by atoms with Crippen LogP contribution in [0.5, 0.6) is 0 Å². The number of carbonyl (C=O) groups excluding carboxylic acids is 3. The quantitative estimate of drug-likeness (QED) is 0.557. The Morgan fingerprint density at radius 1 is 1.17 bits per heavy atom. The van der Waals surface area contributed by atoms with Crippen LogP contribution < -0.4 is 16.0 Å². The van der Waals surface area contributed by atoms with Crippen LogP contribution in [-0.4, -0.2) is 79.0 Å². The number of nitrogens with zero attached hydrogens (tertiary/aromatic N) is 2. The molecule has 128 valence electrons. The summed E-state index contributed by atoms with van der Waals surface area (Å²) in [6.45, 7) is 5.03. The molecule has 0 aromatic heterocycles. The van der Waals surface area contributed by atoms with Gasteiger partial charge >= 0.3 is 6.03 Å². The van der Waals surface area contributed by atoms with E-state index in [1.807, 2.05) is 0 Å². The molecule has 23 heavy (non-hydrogen) atoms. The van der Waals surface area contributed by atoms with Crippen LogP contribution >= 0.6 is 0 Å². The maximum absolute atomic E-state index is 12.4. The summed E-state index contributed by atoms with van der Waals surface area (Å²) >= 11 is 0. The molecule has 2 heterocycles. The number of imide groups is 1. The van der Waals surface area contributed by atoms with E-state index < -0.39 is 11.6 Å². The average Bonchev–Trinajstić information content (AvgIpc) is 3.10. The number of piperazine rings is 1. The molecule has 2 saturated heterocycles. The summed E-state index contributed by atoms with van der Waals surface area (Å²) in [4.78, 5) is 39.8. The van der Waals surface area contributed by atoms with E-state index in [0.717, 1.165) is 50.5 Å². The van der Waals surface area contributed by atoms with Gasteiger partial charge in [0.2, 0.25) is 5.91 Å². The standard InChI is InChI=1S/C15H25N5O3/c21-12(17-7-10-19-8-5-16-6-9-19)11-20-13(22)15(18-14(20)23)3-1-2-4-15/h16H,1-11H2,(H,17,21)(H,18,23). The number of rotatable bonds is 5. The molecule has 8 heteroatoms. The van der Waals surface area contributed by atoms with Gasteiger partial charge in [-0.25, -0.2) is 4.79 Å². The predicted octanol–water partition coefficient (Wildman–Crippen LogP) is -1.13. The molecular formula is C15H25N5O3. The molecule has 2 aliphatic heterocycles. The lowest BCUT2D eigenvalue weighted by Crippen LogP contribution is -2.48. The molecule has 1 aliphatic carbocycles. The first kappa shape index (κ1) is 16.2. The van der Waals surface area contributed by atoms with Crippen LogP contribution in [0.2, 0.25) is 0 Å². The zero-order valence-corrected chi connectivity index (χ0v) is 13.4. The summed E-state index contributed by atoms with van der Waals surface area (Å²) in [7, 11) is 0. The molecule has 0 bridgehead atoms. The summed E-state index contributed by atoms with van der Waals surface area (Å²) < 4.78 is 0. The van der Waals surface area contributed by atoms with E-state index >= 15 is 0 Å². The van der Waals surface area contributed by atoms with Crippen molar-refractivity contribution < 1.29 is 14.4 Å². The van der Waals surface area contributed by atoms with Crippen LogP contribution in [-0.2, 0) is 9.59 Å². The molecule has 3 fully saturated rings. The monoisotopic (exact) mass is 323 g/mol. The van der Waals surface area contributed by atoms with Gasteiger partial charge in [-0.15, -0.1) is 0 Å². The largest absolute Gasteiger partial charge is 0.353 e. The molecule has 0 unspecified atom stereocenters. The van der Waals surface area contributed by atoms with Gasteiger partial charge in [0.1, 0.15) is 12.1 Å². The molecule has 3 N–H and O–H groups in total. The van der Waals surface area contributed by atoms with E-state index in [9.17, 15) is 14.4 Å². The van der Waals surface area contributed by atoms with Gasteiger partial charge in [-0.1, -0.05) is 12.8 Å². The molecule has 1 saturated carbocycles. The fourth-order valence-corrected chi connectivity index (χ4v) is 3.62. The highest BCUT2D eigenvalue weighted by Gasteiger charge is 2.52. The maximum Gasteiger partial charge on any atom is 0.325 e. The van der Waals surface area contributed by atoms with Crippen molar-refractivity contribution in [2.24, 2.45) is 0 Å². The van der Waals surface area contributed by atoms with Gasteiger partial charge in [-0.3, -0.25) is 19.4 Å². The fourth-order valence-electron chi connectivity index (χ4n) is 3.62. The smallest absolute Gasteiger partial charge is 0.325 e. The Labute approximate surface area is 135 Å². The van der Waals surface area contributed by atoms with Crippen molar-refractivity contribution in [2.75, 3.05) is 45.8 Å². The lowest BCUT2D eigenvalue weighted by Gasteiger charge is -2.27. The molecule has 0 radical (unpaired) electrons. The van der Waals surface area contributed by atoms with E-state index in [1.54, 1.807) is 0 Å². The van der Waals surface area contributed by atoms with Gasteiger partial charge in [0.25, 0.3) is 5.91 Å². The number of urea groups is 1. The first-order valence-electron chi connectivity index (χ1n) is 8.45. The predicted molar refractivity (Wildman–Crippen MR) is 83.8 cm³/mol. The van der Waals surface area contributed by atoms with Crippen molar-refractivity contribution in [3.63, 3.8) is 0 Å². The Bertz CT molecular complexity index is 484. The second kappa shape index (κ2) is 6.84. The fraction of sp³-hybridized carbons (Fsp3) is 0.800. The number of hydrogen-bond acceptors (Lipinski definition) is 5. The molecule has 8 nitrogen and oxygen atoms in total. The summed E-state index contributed by atoms with van der Waals surface area (Å²) in [5.41, 5.74) is -0.738. The Hall–Kier alpha value is -1.67. The number of nitrogens with one attached hydrogen (secondary N) is 3. The molecule has 0 aromatic rings. The zero-order valence-electron chi connectivity index (χ0n) is 13.4. The Morgan fingerprint density at radius 2 is 1.87 bits per heavy atom. The molecule has 3 aliphatic rings. The minimum absolute atomic E-state index is 0.187. The third-order valence-corrected chi connectivity index (χ3v) is 4.96. The summed E-state index contributed by atoms with van der Waals surface area (Å²) in [5, 5.41) is 8.86. The molecular weight excluding hydrogens is 298 g/mol. The topological polar surface area (TPSA) is 93.8 Å². The van der Waals surface area contributed by atoms with E-state index in [4.69, 9.17) is 0 Å². The van der Waals surface area contributed by atoms with E-state index in [-0.39, 0.29) is 18.4 Å². The van der Waals surface area contributed by atoms with Gasteiger partial charge in [-0.2, -0.15) is 0 Å². The van der Waals surface area contributed by atoms with E-state index in [1.165, 1.54) is 0 Å². The highest BCUT2D eigenvalue weighted by molar-refractivity contribution is 6.09. The van der Waals surface area contributed by atoms with Crippen molar-refractivity contribution >= 4 is 17.8 Å². The lowest BCUT2D eigenvalue weighted by atomic mass is 9.98. The van der Waals surface area contributed by atoms with Crippen molar-refractivity contribution in [3.8, 4) is 0 Å². The minimum Gasteiger partial charge on any atom is -0.353 e. The van der Waals surface area contributed by atoms with Crippen LogP contribution in [0.3, 0.4) is 0 Å². The van der Waals surface area contributed by atoms with Crippen molar-refractivity contribution in [2.45, 2.75) is 31.2 Å². The molecule has 0 aromatic carbocycles.